The number of likely N-dealkylation sites (tertiary alicyclic amines) is 1. The van der Waals surface area contributed by atoms with E-state index in [9.17, 15) is 4.79 Å². The van der Waals surface area contributed by atoms with E-state index in [4.69, 9.17) is 5.73 Å². The quantitative estimate of drug-likeness (QED) is 0.924. The van der Waals surface area contributed by atoms with Gasteiger partial charge < -0.3 is 10.6 Å². The summed E-state index contributed by atoms with van der Waals surface area (Å²) in [5.41, 5.74) is 7.31. The van der Waals surface area contributed by atoms with Crippen molar-refractivity contribution in [1.29, 1.82) is 0 Å². The maximum Gasteiger partial charge on any atom is 0.253 e. The van der Waals surface area contributed by atoms with Crippen LogP contribution in [-0.4, -0.2) is 28.9 Å². The fourth-order valence-electron chi connectivity index (χ4n) is 2.77. The molecule has 1 aromatic heterocycles. The van der Waals surface area contributed by atoms with Crippen molar-refractivity contribution >= 4 is 32.6 Å². The van der Waals surface area contributed by atoms with E-state index in [2.05, 4.69) is 18.8 Å². The van der Waals surface area contributed by atoms with E-state index in [1.807, 2.05) is 23.1 Å². The van der Waals surface area contributed by atoms with Gasteiger partial charge in [0, 0.05) is 18.7 Å². The van der Waals surface area contributed by atoms with Crippen LogP contribution >= 0.6 is 11.3 Å². The molecule has 1 unspecified atom stereocenters. The Balaban J connectivity index is 1.82. The Morgan fingerprint density at radius 1 is 1.50 bits per heavy atom. The maximum atomic E-state index is 12.5. The second-order valence-electron chi connectivity index (χ2n) is 5.78. The molecule has 0 aliphatic carbocycles. The van der Waals surface area contributed by atoms with E-state index in [0.29, 0.717) is 17.0 Å². The summed E-state index contributed by atoms with van der Waals surface area (Å²) in [5.74, 6) is 1.39. The number of thiazole rings is 1. The summed E-state index contributed by atoms with van der Waals surface area (Å²) in [6, 6.07) is 5.65. The number of carbonyl (C=O) groups is 1. The van der Waals surface area contributed by atoms with Crippen molar-refractivity contribution in [1.82, 2.24) is 9.88 Å². The van der Waals surface area contributed by atoms with Crippen molar-refractivity contribution in [2.45, 2.75) is 20.3 Å². The number of rotatable bonds is 2. The lowest BCUT2D eigenvalue weighted by Crippen LogP contribution is -2.29. The van der Waals surface area contributed by atoms with Gasteiger partial charge in [-0.25, -0.2) is 4.98 Å². The third kappa shape index (κ3) is 2.38. The van der Waals surface area contributed by atoms with Gasteiger partial charge in [-0.05, 0) is 36.5 Å². The summed E-state index contributed by atoms with van der Waals surface area (Å²) in [5, 5.41) is 0.547. The average Bonchev–Trinajstić information content (AvgIpc) is 3.02. The lowest BCUT2D eigenvalue weighted by atomic mass is 9.95. The molecule has 1 atom stereocenters. The van der Waals surface area contributed by atoms with Crippen LogP contribution in [0.5, 0.6) is 0 Å². The third-order valence-corrected chi connectivity index (χ3v) is 4.95. The van der Waals surface area contributed by atoms with Crippen LogP contribution in [0.4, 0.5) is 5.13 Å². The first-order valence-electron chi connectivity index (χ1n) is 7.00. The van der Waals surface area contributed by atoms with Gasteiger partial charge >= 0.3 is 0 Å². The summed E-state index contributed by atoms with van der Waals surface area (Å²) in [7, 11) is 0. The molecule has 2 heterocycles. The zero-order chi connectivity index (χ0) is 14.3. The van der Waals surface area contributed by atoms with Crippen molar-refractivity contribution in [2.24, 2.45) is 11.8 Å². The molecule has 1 aliphatic heterocycles. The van der Waals surface area contributed by atoms with Crippen molar-refractivity contribution in [3.63, 3.8) is 0 Å². The molecule has 1 amide bonds. The zero-order valence-corrected chi connectivity index (χ0v) is 12.6. The number of fused-ring (bicyclic) bond motifs is 1. The van der Waals surface area contributed by atoms with Crippen LogP contribution < -0.4 is 5.73 Å². The Morgan fingerprint density at radius 3 is 3.00 bits per heavy atom. The Labute approximate surface area is 122 Å². The van der Waals surface area contributed by atoms with Gasteiger partial charge in [0.1, 0.15) is 0 Å². The lowest BCUT2D eigenvalue weighted by molar-refractivity contribution is 0.0784. The monoisotopic (exact) mass is 289 g/mol. The molecule has 0 spiro atoms. The molecule has 20 heavy (non-hydrogen) atoms. The Hall–Kier alpha value is -1.62. The first-order chi connectivity index (χ1) is 9.54. The molecule has 1 aromatic carbocycles. The zero-order valence-electron chi connectivity index (χ0n) is 11.8. The Morgan fingerprint density at radius 2 is 2.30 bits per heavy atom. The second kappa shape index (κ2) is 5.05. The van der Waals surface area contributed by atoms with Gasteiger partial charge in [0.2, 0.25) is 0 Å². The van der Waals surface area contributed by atoms with Gasteiger partial charge in [-0.15, -0.1) is 0 Å². The molecular weight excluding hydrogens is 270 g/mol. The topological polar surface area (TPSA) is 59.2 Å². The normalized spacial score (nSPS) is 19.1. The van der Waals surface area contributed by atoms with Crippen molar-refractivity contribution < 1.29 is 4.79 Å². The van der Waals surface area contributed by atoms with Crippen molar-refractivity contribution in [2.75, 3.05) is 18.8 Å². The van der Waals surface area contributed by atoms with E-state index in [1.165, 1.54) is 11.3 Å². The van der Waals surface area contributed by atoms with Gasteiger partial charge in [-0.1, -0.05) is 25.2 Å². The molecule has 0 saturated carbocycles. The minimum absolute atomic E-state index is 0.127. The van der Waals surface area contributed by atoms with E-state index >= 15 is 0 Å². The standard InChI is InChI=1S/C15H19N3OS/c1-9(2)11-5-6-18(8-11)14(19)10-3-4-12-13(7-10)20-15(16)17-12/h3-4,7,9,11H,5-6,8H2,1-2H3,(H2,16,17). The fourth-order valence-corrected chi connectivity index (χ4v) is 3.55. The molecule has 5 heteroatoms. The van der Waals surface area contributed by atoms with Crippen LogP contribution in [-0.2, 0) is 0 Å². The molecule has 1 fully saturated rings. The van der Waals surface area contributed by atoms with Crippen LogP contribution in [0.25, 0.3) is 10.2 Å². The average molecular weight is 289 g/mol. The van der Waals surface area contributed by atoms with Crippen LogP contribution in [0.1, 0.15) is 30.6 Å². The van der Waals surface area contributed by atoms with E-state index < -0.39 is 0 Å². The number of hydrogen-bond donors (Lipinski definition) is 1. The molecule has 1 saturated heterocycles. The molecule has 106 valence electrons. The summed E-state index contributed by atoms with van der Waals surface area (Å²) < 4.78 is 0.980. The summed E-state index contributed by atoms with van der Waals surface area (Å²) in [6.45, 7) is 6.19. The van der Waals surface area contributed by atoms with Crippen LogP contribution in [0.2, 0.25) is 0 Å². The molecule has 2 aromatic rings. The SMILES string of the molecule is CC(C)C1CCN(C(=O)c2ccc3nc(N)sc3c2)C1. The maximum absolute atomic E-state index is 12.5. The summed E-state index contributed by atoms with van der Waals surface area (Å²) >= 11 is 1.43. The van der Waals surface area contributed by atoms with Crippen LogP contribution in [0.15, 0.2) is 18.2 Å². The number of carbonyl (C=O) groups excluding carboxylic acids is 1. The molecule has 1 aliphatic rings. The van der Waals surface area contributed by atoms with E-state index in [1.54, 1.807) is 0 Å². The Bertz CT molecular complexity index is 650. The minimum atomic E-state index is 0.127. The minimum Gasteiger partial charge on any atom is -0.375 e. The highest BCUT2D eigenvalue weighted by atomic mass is 32.1. The number of aromatic nitrogens is 1. The summed E-state index contributed by atoms with van der Waals surface area (Å²) in [6.07, 6.45) is 1.11. The first kappa shape index (κ1) is 13.4. The van der Waals surface area contributed by atoms with Crippen molar-refractivity contribution in [3.8, 4) is 0 Å². The molecular formula is C15H19N3OS. The van der Waals surface area contributed by atoms with Gasteiger partial charge in [0.15, 0.2) is 5.13 Å². The molecule has 0 bridgehead atoms. The highest BCUT2D eigenvalue weighted by Gasteiger charge is 2.28. The number of nitrogens with zero attached hydrogens (tertiary/aromatic N) is 2. The smallest absolute Gasteiger partial charge is 0.253 e. The molecule has 3 rings (SSSR count). The van der Waals surface area contributed by atoms with Crippen molar-refractivity contribution in [3.05, 3.63) is 23.8 Å². The Kier molecular flexibility index (Phi) is 3.38. The van der Waals surface area contributed by atoms with Gasteiger partial charge in [-0.2, -0.15) is 0 Å². The second-order valence-corrected chi connectivity index (χ2v) is 6.84. The highest BCUT2D eigenvalue weighted by molar-refractivity contribution is 7.22. The number of nitrogens with two attached hydrogens (primary N) is 1. The molecule has 0 radical (unpaired) electrons. The number of benzene rings is 1. The number of nitrogen functional groups attached to an aromatic ring is 1. The largest absolute Gasteiger partial charge is 0.375 e. The third-order valence-electron chi connectivity index (χ3n) is 4.11. The highest BCUT2D eigenvalue weighted by Crippen LogP contribution is 2.28. The van der Waals surface area contributed by atoms with Gasteiger partial charge in [0.05, 0.1) is 10.2 Å². The summed E-state index contributed by atoms with van der Waals surface area (Å²) in [4.78, 5) is 18.7. The number of hydrogen-bond acceptors (Lipinski definition) is 4. The van der Waals surface area contributed by atoms with E-state index in [-0.39, 0.29) is 5.91 Å². The van der Waals surface area contributed by atoms with E-state index in [0.717, 1.165) is 35.3 Å². The van der Waals surface area contributed by atoms with Crippen LogP contribution in [0, 0.1) is 11.8 Å². The predicted molar refractivity (Wildman–Crippen MR) is 82.9 cm³/mol. The lowest BCUT2D eigenvalue weighted by Gasteiger charge is -2.18. The predicted octanol–water partition coefficient (Wildman–Crippen LogP) is 3.00. The van der Waals surface area contributed by atoms with Gasteiger partial charge in [0.25, 0.3) is 5.91 Å². The van der Waals surface area contributed by atoms with Gasteiger partial charge in [-0.3, -0.25) is 4.79 Å². The number of amides is 1. The molecule has 4 nitrogen and oxygen atoms in total. The number of anilines is 1. The van der Waals surface area contributed by atoms with Crippen LogP contribution in [0.3, 0.4) is 0 Å². The first-order valence-corrected chi connectivity index (χ1v) is 7.81. The molecule has 2 N–H and O–H groups in total. The fraction of sp³-hybridized carbons (Fsp3) is 0.467.